The molecule has 2 aromatic rings. The third-order valence-corrected chi connectivity index (χ3v) is 4.91. The zero-order chi connectivity index (χ0) is 15.4. The largest absolute Gasteiger partial charge is 0.394 e. The standard InChI is InChI=1S/C14H15ClN2O2S2/c1-2-8(7-18)16-14(20)17-13(19)12-11(15)9-5-3-4-6-10(9)21-12/h3-6,8,18H,2,7H2,1H3,(H2,16,17,19,20). The molecule has 0 bridgehead atoms. The molecule has 0 aliphatic heterocycles. The van der Waals surface area contributed by atoms with Crippen LogP contribution in [0, 0.1) is 0 Å². The van der Waals surface area contributed by atoms with E-state index in [2.05, 4.69) is 10.6 Å². The van der Waals surface area contributed by atoms with Gasteiger partial charge in [0.2, 0.25) is 0 Å². The number of nitrogens with one attached hydrogen (secondary N) is 2. The number of carbonyl (C=O) groups excluding carboxylic acids is 1. The summed E-state index contributed by atoms with van der Waals surface area (Å²) < 4.78 is 0.952. The maximum absolute atomic E-state index is 12.2. The molecule has 3 N–H and O–H groups in total. The van der Waals surface area contributed by atoms with Crippen LogP contribution in [0.3, 0.4) is 0 Å². The number of carbonyl (C=O) groups is 1. The fourth-order valence-electron chi connectivity index (χ4n) is 1.82. The topological polar surface area (TPSA) is 61.4 Å². The Bertz CT molecular complexity index is 668. The summed E-state index contributed by atoms with van der Waals surface area (Å²) in [4.78, 5) is 12.7. The first-order valence-corrected chi connectivity index (χ1v) is 8.06. The van der Waals surface area contributed by atoms with Crippen molar-refractivity contribution >= 4 is 56.3 Å². The van der Waals surface area contributed by atoms with Crippen molar-refractivity contribution in [2.45, 2.75) is 19.4 Å². The van der Waals surface area contributed by atoms with Crippen molar-refractivity contribution in [3.63, 3.8) is 0 Å². The lowest BCUT2D eigenvalue weighted by Gasteiger charge is -2.16. The van der Waals surface area contributed by atoms with Crippen LogP contribution >= 0.6 is 35.2 Å². The number of thiocarbonyl (C=S) groups is 1. The SMILES string of the molecule is CCC(CO)NC(=S)NC(=O)c1sc2ccccc2c1Cl. The predicted molar refractivity (Wildman–Crippen MR) is 91.2 cm³/mol. The Morgan fingerprint density at radius 2 is 2.19 bits per heavy atom. The molecule has 2 rings (SSSR count). The number of fused-ring (bicyclic) bond motifs is 1. The average Bonchev–Trinajstić information content (AvgIpc) is 2.82. The number of amides is 1. The highest BCUT2D eigenvalue weighted by Crippen LogP contribution is 2.34. The third kappa shape index (κ3) is 3.71. The Labute approximate surface area is 137 Å². The van der Waals surface area contributed by atoms with Crippen molar-refractivity contribution in [1.29, 1.82) is 0 Å². The molecule has 0 aliphatic carbocycles. The van der Waals surface area contributed by atoms with Crippen molar-refractivity contribution in [3.05, 3.63) is 34.2 Å². The summed E-state index contributed by atoms with van der Waals surface area (Å²) in [5.74, 6) is -0.341. The van der Waals surface area contributed by atoms with E-state index in [-0.39, 0.29) is 23.7 Å². The molecule has 1 heterocycles. The minimum absolute atomic E-state index is 0.0455. The molecule has 0 saturated heterocycles. The van der Waals surface area contributed by atoms with Gasteiger partial charge in [-0.25, -0.2) is 0 Å². The maximum Gasteiger partial charge on any atom is 0.269 e. The van der Waals surface area contributed by atoms with Crippen LogP contribution in [0.1, 0.15) is 23.0 Å². The quantitative estimate of drug-likeness (QED) is 0.748. The summed E-state index contributed by atoms with van der Waals surface area (Å²) in [7, 11) is 0. The number of hydrogen-bond donors (Lipinski definition) is 3. The van der Waals surface area contributed by atoms with Crippen LogP contribution in [0.25, 0.3) is 10.1 Å². The lowest BCUT2D eigenvalue weighted by atomic mass is 10.2. The molecule has 0 aliphatic rings. The van der Waals surface area contributed by atoms with Gasteiger partial charge in [0.05, 0.1) is 17.7 Å². The Hall–Kier alpha value is -1.21. The second-order valence-corrected chi connectivity index (χ2v) is 6.30. The van der Waals surface area contributed by atoms with E-state index < -0.39 is 0 Å². The minimum Gasteiger partial charge on any atom is -0.394 e. The van der Waals surface area contributed by atoms with Gasteiger partial charge in [-0.1, -0.05) is 36.7 Å². The number of halogens is 1. The summed E-state index contributed by atoms with van der Waals surface area (Å²) in [6.07, 6.45) is 0.705. The molecule has 0 spiro atoms. The van der Waals surface area contributed by atoms with Crippen LogP contribution in [-0.4, -0.2) is 28.8 Å². The number of benzene rings is 1. The van der Waals surface area contributed by atoms with Gasteiger partial charge < -0.3 is 10.4 Å². The molecule has 21 heavy (non-hydrogen) atoms. The molecular weight excluding hydrogens is 328 g/mol. The lowest BCUT2D eigenvalue weighted by Crippen LogP contribution is -2.45. The van der Waals surface area contributed by atoms with E-state index in [0.717, 1.165) is 10.1 Å². The highest BCUT2D eigenvalue weighted by Gasteiger charge is 2.18. The second-order valence-electron chi connectivity index (χ2n) is 4.46. The summed E-state index contributed by atoms with van der Waals surface area (Å²) in [5.41, 5.74) is 0. The first-order chi connectivity index (χ1) is 10.1. The number of thiophene rings is 1. The van der Waals surface area contributed by atoms with Crippen LogP contribution < -0.4 is 10.6 Å². The number of aliphatic hydroxyl groups excluding tert-OH is 1. The molecule has 0 fully saturated rings. The van der Waals surface area contributed by atoms with E-state index in [4.69, 9.17) is 28.9 Å². The zero-order valence-corrected chi connectivity index (χ0v) is 13.7. The normalized spacial score (nSPS) is 12.1. The molecule has 0 radical (unpaired) electrons. The summed E-state index contributed by atoms with van der Waals surface area (Å²) in [6, 6.07) is 7.40. The maximum atomic E-state index is 12.2. The Kier molecular flexibility index (Phi) is 5.52. The molecule has 1 aromatic heterocycles. The van der Waals surface area contributed by atoms with Crippen molar-refractivity contribution in [3.8, 4) is 0 Å². The fourth-order valence-corrected chi connectivity index (χ4v) is 3.49. The molecular formula is C14H15ClN2O2S2. The average molecular weight is 343 g/mol. The van der Waals surface area contributed by atoms with Gasteiger partial charge in [-0.15, -0.1) is 11.3 Å². The Balaban J connectivity index is 2.12. The predicted octanol–water partition coefficient (Wildman–Crippen LogP) is 2.93. The summed E-state index contributed by atoms with van der Waals surface area (Å²) >= 11 is 12.6. The van der Waals surface area contributed by atoms with Crippen molar-refractivity contribution in [2.75, 3.05) is 6.61 Å². The molecule has 1 aromatic carbocycles. The molecule has 7 heteroatoms. The second kappa shape index (κ2) is 7.17. The van der Waals surface area contributed by atoms with E-state index in [9.17, 15) is 4.79 Å². The monoisotopic (exact) mass is 342 g/mol. The molecule has 1 amide bonds. The third-order valence-electron chi connectivity index (χ3n) is 3.02. The van der Waals surface area contributed by atoms with Crippen LogP contribution in [0.2, 0.25) is 5.02 Å². The molecule has 112 valence electrons. The highest BCUT2D eigenvalue weighted by molar-refractivity contribution is 7.80. The van der Waals surface area contributed by atoms with E-state index in [0.29, 0.717) is 16.3 Å². The molecule has 1 unspecified atom stereocenters. The zero-order valence-electron chi connectivity index (χ0n) is 11.4. The fraction of sp³-hybridized carbons (Fsp3) is 0.286. The van der Waals surface area contributed by atoms with Gasteiger partial charge in [0.15, 0.2) is 5.11 Å². The van der Waals surface area contributed by atoms with Crippen molar-refractivity contribution in [2.24, 2.45) is 0 Å². The first-order valence-electron chi connectivity index (χ1n) is 6.46. The highest BCUT2D eigenvalue weighted by atomic mass is 35.5. The summed E-state index contributed by atoms with van der Waals surface area (Å²) in [6.45, 7) is 1.87. The molecule has 4 nitrogen and oxygen atoms in total. The van der Waals surface area contributed by atoms with Crippen LogP contribution in [0.4, 0.5) is 0 Å². The van der Waals surface area contributed by atoms with Gasteiger partial charge in [-0.2, -0.15) is 0 Å². The smallest absolute Gasteiger partial charge is 0.269 e. The van der Waals surface area contributed by atoms with Crippen LogP contribution in [0.5, 0.6) is 0 Å². The van der Waals surface area contributed by atoms with Gasteiger partial charge in [-0.3, -0.25) is 10.1 Å². The van der Waals surface area contributed by atoms with Crippen LogP contribution in [-0.2, 0) is 0 Å². The van der Waals surface area contributed by atoms with E-state index in [1.807, 2.05) is 31.2 Å². The van der Waals surface area contributed by atoms with Gasteiger partial charge in [0.1, 0.15) is 4.88 Å². The number of hydrogen-bond acceptors (Lipinski definition) is 4. The minimum atomic E-state index is -0.341. The van der Waals surface area contributed by atoms with Crippen LogP contribution in [0.15, 0.2) is 24.3 Å². The van der Waals surface area contributed by atoms with Crippen molar-refractivity contribution < 1.29 is 9.90 Å². The number of aliphatic hydroxyl groups is 1. The van der Waals surface area contributed by atoms with Gasteiger partial charge in [0.25, 0.3) is 5.91 Å². The lowest BCUT2D eigenvalue weighted by molar-refractivity contribution is 0.0980. The first kappa shape index (κ1) is 16.2. The van der Waals surface area contributed by atoms with E-state index >= 15 is 0 Å². The molecule has 0 saturated carbocycles. The van der Waals surface area contributed by atoms with Gasteiger partial charge in [0, 0.05) is 10.1 Å². The van der Waals surface area contributed by atoms with E-state index in [1.54, 1.807) is 0 Å². The number of rotatable bonds is 4. The van der Waals surface area contributed by atoms with E-state index in [1.165, 1.54) is 11.3 Å². The van der Waals surface area contributed by atoms with Gasteiger partial charge in [-0.05, 0) is 24.7 Å². The van der Waals surface area contributed by atoms with Crippen molar-refractivity contribution in [1.82, 2.24) is 10.6 Å². The summed E-state index contributed by atoms with van der Waals surface area (Å²) in [5, 5.41) is 16.1. The molecule has 1 atom stereocenters. The Morgan fingerprint density at radius 3 is 2.81 bits per heavy atom. The Morgan fingerprint density at radius 1 is 1.48 bits per heavy atom. The van der Waals surface area contributed by atoms with Gasteiger partial charge >= 0.3 is 0 Å².